The number of carbonyl (C=O) groups excluding carboxylic acids is 5. The van der Waals surface area contributed by atoms with Crippen LogP contribution in [0.25, 0.3) is 0 Å². The summed E-state index contributed by atoms with van der Waals surface area (Å²) < 4.78 is 0. The third-order valence-electron chi connectivity index (χ3n) is 5.62. The van der Waals surface area contributed by atoms with E-state index in [0.717, 1.165) is 0 Å². The van der Waals surface area contributed by atoms with E-state index in [4.69, 9.17) is 22.9 Å². The lowest BCUT2D eigenvalue weighted by Gasteiger charge is -2.27. The van der Waals surface area contributed by atoms with Crippen LogP contribution in [0.3, 0.4) is 0 Å². The number of aliphatic imine (C=N–C) groups is 1. The normalized spacial score (nSPS) is 14.4. The number of hydrogen-bond acceptors (Lipinski definition) is 9. The summed E-state index contributed by atoms with van der Waals surface area (Å²) in [5.41, 5.74) is 21.2. The second-order valence-electron chi connectivity index (χ2n) is 9.48. The molecule has 14 N–H and O–H groups in total. The second-order valence-corrected chi connectivity index (χ2v) is 9.48. The molecule has 0 aliphatic carbocycles. The zero-order chi connectivity index (χ0) is 31.9. The van der Waals surface area contributed by atoms with E-state index in [1.165, 1.54) is 0 Å². The number of rotatable bonds is 19. The van der Waals surface area contributed by atoms with E-state index in [-0.39, 0.29) is 31.8 Å². The van der Waals surface area contributed by atoms with Gasteiger partial charge in [0.1, 0.15) is 24.2 Å². The Labute approximate surface area is 236 Å². The molecule has 0 heterocycles. The molecule has 0 rings (SSSR count). The first kappa shape index (κ1) is 36.5. The lowest BCUT2D eigenvalue weighted by molar-refractivity contribution is -0.142. The van der Waals surface area contributed by atoms with Gasteiger partial charge in [-0.3, -0.25) is 33.8 Å². The highest BCUT2D eigenvalue weighted by molar-refractivity contribution is 5.97. The summed E-state index contributed by atoms with van der Waals surface area (Å²) in [4.78, 5) is 88.9. The third-order valence-corrected chi connectivity index (χ3v) is 5.62. The van der Waals surface area contributed by atoms with Gasteiger partial charge in [-0.1, -0.05) is 20.8 Å². The highest BCUT2D eigenvalue weighted by Gasteiger charge is 2.33. The zero-order valence-corrected chi connectivity index (χ0v) is 23.2. The molecule has 18 nitrogen and oxygen atoms in total. The highest BCUT2D eigenvalue weighted by Crippen LogP contribution is 2.07. The fraction of sp³-hybridized carbons (Fsp3) is 0.652. The fourth-order valence-corrected chi connectivity index (χ4v) is 3.41. The van der Waals surface area contributed by atoms with Gasteiger partial charge in [0.15, 0.2) is 5.96 Å². The molecule has 0 aromatic carbocycles. The number of primary amides is 1. The Kier molecular flexibility index (Phi) is 16.0. The van der Waals surface area contributed by atoms with Crippen LogP contribution in [0, 0.1) is 5.92 Å². The molecule has 0 fully saturated rings. The van der Waals surface area contributed by atoms with Crippen molar-refractivity contribution < 1.29 is 43.8 Å². The van der Waals surface area contributed by atoms with Crippen LogP contribution in [0.15, 0.2) is 4.99 Å². The van der Waals surface area contributed by atoms with Crippen molar-refractivity contribution in [3.05, 3.63) is 0 Å². The minimum absolute atomic E-state index is 0.0597. The smallest absolute Gasteiger partial charge is 0.326 e. The van der Waals surface area contributed by atoms with Crippen molar-refractivity contribution in [3.63, 3.8) is 0 Å². The summed E-state index contributed by atoms with van der Waals surface area (Å²) in [7, 11) is 0. The van der Waals surface area contributed by atoms with Crippen molar-refractivity contribution in [2.45, 2.75) is 83.1 Å². The van der Waals surface area contributed by atoms with Crippen LogP contribution in [0.5, 0.6) is 0 Å². The molecule has 0 aromatic heterocycles. The SMILES string of the molecule is CC[C@H](NC(=O)[C@@H](NC(=O)[C@H](CCCN=C(N)N)NC(=O)[C@H](CC(=O)O)NC(=O)[C@@H](N)CC(N)=O)C(C)C)C(=O)O. The highest BCUT2D eigenvalue weighted by atomic mass is 16.4. The molecule has 232 valence electrons. The Morgan fingerprint density at radius 3 is 1.76 bits per heavy atom. The number of nitrogens with zero attached hydrogens (tertiary/aromatic N) is 1. The van der Waals surface area contributed by atoms with Gasteiger partial charge in [-0.15, -0.1) is 0 Å². The number of nitrogens with two attached hydrogens (primary N) is 4. The molecule has 0 radical (unpaired) electrons. The molecule has 0 aromatic rings. The maximum atomic E-state index is 13.2. The molecule has 0 bridgehead atoms. The first-order valence-corrected chi connectivity index (χ1v) is 12.7. The van der Waals surface area contributed by atoms with Crippen LogP contribution < -0.4 is 44.2 Å². The average Bonchev–Trinajstić information content (AvgIpc) is 2.85. The van der Waals surface area contributed by atoms with Gasteiger partial charge in [-0.25, -0.2) is 4.79 Å². The minimum atomic E-state index is -1.70. The first-order chi connectivity index (χ1) is 19.0. The van der Waals surface area contributed by atoms with Crippen molar-refractivity contribution in [2.75, 3.05) is 6.54 Å². The van der Waals surface area contributed by atoms with Crippen LogP contribution in [-0.4, -0.2) is 94.4 Å². The maximum Gasteiger partial charge on any atom is 0.326 e. The van der Waals surface area contributed by atoms with Crippen molar-refractivity contribution in [3.8, 4) is 0 Å². The fourth-order valence-electron chi connectivity index (χ4n) is 3.41. The molecule has 0 aliphatic heterocycles. The first-order valence-electron chi connectivity index (χ1n) is 12.7. The summed E-state index contributed by atoms with van der Waals surface area (Å²) in [6, 6.07) is -6.92. The van der Waals surface area contributed by atoms with Crippen molar-refractivity contribution in [2.24, 2.45) is 33.8 Å². The standard InChI is InChI=1S/C23H41N9O9/c1-4-12(22(40)41)29-21(39)17(10(2)3)32-19(37)13(6-5-7-28-23(26)27)30-20(38)14(9-16(34)35)31-18(36)11(24)8-15(25)33/h10-14,17H,4-9,24H2,1-3H3,(H2,25,33)(H,29,39)(H,30,38)(H,31,36)(H,32,37)(H,34,35)(H,40,41)(H4,26,27,28)/t11-,12-,13-,14-,17-/m0/s1. The Morgan fingerprint density at radius 1 is 0.756 bits per heavy atom. The van der Waals surface area contributed by atoms with E-state index in [1.54, 1.807) is 20.8 Å². The predicted molar refractivity (Wildman–Crippen MR) is 144 cm³/mol. The molecule has 18 heteroatoms. The van der Waals surface area contributed by atoms with Gasteiger partial charge in [-0.05, 0) is 25.2 Å². The van der Waals surface area contributed by atoms with Crippen molar-refractivity contribution in [1.82, 2.24) is 21.3 Å². The van der Waals surface area contributed by atoms with Crippen LogP contribution in [-0.2, 0) is 33.6 Å². The monoisotopic (exact) mass is 587 g/mol. The number of carbonyl (C=O) groups is 7. The second kappa shape index (κ2) is 18.0. The number of nitrogens with one attached hydrogen (secondary N) is 4. The molecule has 0 aliphatic rings. The number of carboxylic acid groups (broad SMARTS) is 2. The lowest BCUT2D eigenvalue weighted by atomic mass is 10.0. The van der Waals surface area contributed by atoms with Crippen molar-refractivity contribution in [1.29, 1.82) is 0 Å². The molecular weight excluding hydrogens is 546 g/mol. The topological polar surface area (TPSA) is 325 Å². The summed E-state index contributed by atoms with van der Waals surface area (Å²) in [6.45, 7) is 4.82. The number of guanidine groups is 1. The van der Waals surface area contributed by atoms with E-state index in [1.807, 2.05) is 0 Å². The number of aliphatic carboxylic acids is 2. The maximum absolute atomic E-state index is 13.2. The van der Waals surface area contributed by atoms with E-state index in [9.17, 15) is 43.8 Å². The van der Waals surface area contributed by atoms with Gasteiger partial charge >= 0.3 is 11.9 Å². The lowest BCUT2D eigenvalue weighted by Crippen LogP contribution is -2.59. The largest absolute Gasteiger partial charge is 0.481 e. The Balaban J connectivity index is 5.93. The molecule has 0 saturated carbocycles. The van der Waals surface area contributed by atoms with Gasteiger partial charge in [0.2, 0.25) is 29.5 Å². The Bertz CT molecular complexity index is 999. The Hall–Kier alpha value is -4.48. The third kappa shape index (κ3) is 14.5. The minimum Gasteiger partial charge on any atom is -0.481 e. The molecule has 0 unspecified atom stereocenters. The summed E-state index contributed by atoms with van der Waals surface area (Å²) in [6.07, 6.45) is -1.30. The Morgan fingerprint density at radius 2 is 1.29 bits per heavy atom. The van der Waals surface area contributed by atoms with Crippen LogP contribution >= 0.6 is 0 Å². The predicted octanol–water partition coefficient (Wildman–Crippen LogP) is -4.19. The van der Waals surface area contributed by atoms with Gasteiger partial charge in [-0.2, -0.15) is 0 Å². The molecule has 5 atom stereocenters. The van der Waals surface area contributed by atoms with E-state index in [0.29, 0.717) is 0 Å². The molecule has 0 saturated heterocycles. The summed E-state index contributed by atoms with van der Waals surface area (Å²) in [5, 5.41) is 27.8. The van der Waals surface area contributed by atoms with Gasteiger partial charge in [0.25, 0.3) is 0 Å². The van der Waals surface area contributed by atoms with Crippen LogP contribution in [0.1, 0.15) is 52.9 Å². The van der Waals surface area contributed by atoms with Gasteiger partial charge in [0, 0.05) is 6.54 Å². The van der Waals surface area contributed by atoms with Crippen molar-refractivity contribution >= 4 is 47.4 Å². The number of carboxylic acids is 2. The zero-order valence-electron chi connectivity index (χ0n) is 23.2. The molecule has 41 heavy (non-hydrogen) atoms. The summed E-state index contributed by atoms with van der Waals surface area (Å²) >= 11 is 0. The molecular formula is C23H41N9O9. The van der Waals surface area contributed by atoms with Crippen LogP contribution in [0.4, 0.5) is 0 Å². The number of amides is 5. The molecule has 0 spiro atoms. The van der Waals surface area contributed by atoms with Gasteiger partial charge in [0.05, 0.1) is 18.9 Å². The average molecular weight is 588 g/mol. The molecule has 5 amide bonds. The quantitative estimate of drug-likeness (QED) is 0.0391. The van der Waals surface area contributed by atoms with E-state index in [2.05, 4.69) is 26.3 Å². The number of hydrogen-bond donors (Lipinski definition) is 10. The van der Waals surface area contributed by atoms with Gasteiger partial charge < -0.3 is 54.4 Å². The van der Waals surface area contributed by atoms with E-state index >= 15 is 0 Å². The summed E-state index contributed by atoms with van der Waals surface area (Å²) in [5.74, 6) is -8.08. The van der Waals surface area contributed by atoms with Crippen LogP contribution in [0.2, 0.25) is 0 Å². The van der Waals surface area contributed by atoms with E-state index < -0.39 is 90.4 Å².